The Labute approximate surface area is 172 Å². The SMILES string of the molecule is CC1=CNC(=NCCCN2CCOCC2=O)N/C1=C(/C#N)c1ncccc1Br. The lowest BCUT2D eigenvalue weighted by atomic mass is 10.1. The third-order valence-corrected chi connectivity index (χ3v) is 5.00. The van der Waals surface area contributed by atoms with Crippen molar-refractivity contribution in [1.29, 1.82) is 5.26 Å². The van der Waals surface area contributed by atoms with Crippen molar-refractivity contribution < 1.29 is 9.53 Å². The molecule has 0 aliphatic carbocycles. The number of nitrogens with zero attached hydrogens (tertiary/aromatic N) is 4. The van der Waals surface area contributed by atoms with Crippen LogP contribution in [-0.4, -0.2) is 54.6 Å². The Morgan fingerprint density at radius 3 is 3.14 bits per heavy atom. The Kier molecular flexibility index (Phi) is 6.79. The van der Waals surface area contributed by atoms with Crippen LogP contribution in [0.3, 0.4) is 0 Å². The summed E-state index contributed by atoms with van der Waals surface area (Å²) in [5, 5.41) is 16.0. The van der Waals surface area contributed by atoms with E-state index in [4.69, 9.17) is 4.74 Å². The number of halogens is 1. The van der Waals surface area contributed by atoms with Crippen molar-refractivity contribution in [3.8, 4) is 6.07 Å². The maximum atomic E-state index is 11.7. The molecule has 3 rings (SSSR count). The van der Waals surface area contributed by atoms with Gasteiger partial charge < -0.3 is 20.3 Å². The predicted octanol–water partition coefficient (Wildman–Crippen LogP) is 1.78. The summed E-state index contributed by atoms with van der Waals surface area (Å²) in [6.07, 6.45) is 4.21. The molecule has 1 amide bonds. The molecule has 0 atom stereocenters. The van der Waals surface area contributed by atoms with E-state index in [0.717, 1.165) is 16.5 Å². The second-order valence-electron chi connectivity index (χ2n) is 6.31. The number of aliphatic imine (C=N–C) groups is 1. The van der Waals surface area contributed by atoms with Crippen molar-refractivity contribution in [1.82, 2.24) is 20.5 Å². The van der Waals surface area contributed by atoms with Crippen LogP contribution in [0.25, 0.3) is 5.57 Å². The Hall–Kier alpha value is -2.70. The highest BCUT2D eigenvalue weighted by atomic mass is 79.9. The molecule has 9 heteroatoms. The van der Waals surface area contributed by atoms with Crippen molar-refractivity contribution in [3.05, 3.63) is 46.0 Å². The Morgan fingerprint density at radius 1 is 1.54 bits per heavy atom. The summed E-state index contributed by atoms with van der Waals surface area (Å²) in [5.74, 6) is 0.588. The average molecular weight is 445 g/mol. The number of hydrogen-bond acceptors (Lipinski definition) is 5. The molecule has 8 nitrogen and oxygen atoms in total. The third-order valence-electron chi connectivity index (χ3n) is 4.36. The van der Waals surface area contributed by atoms with Crippen molar-refractivity contribution in [2.75, 3.05) is 32.8 Å². The standard InChI is InChI=1S/C19H21BrN6O2/c1-13-11-24-19(23-6-3-7-26-8-9-28-12-16(26)27)25-17(13)14(10-21)18-15(20)4-2-5-22-18/h2,4-5,11H,3,6-9,12H2,1H3,(H2,23,24,25)/b17-14-. The molecule has 0 unspecified atom stereocenters. The number of amides is 1. The number of guanidine groups is 1. The first-order chi connectivity index (χ1) is 13.6. The first-order valence-corrected chi connectivity index (χ1v) is 9.75. The van der Waals surface area contributed by atoms with Gasteiger partial charge in [-0.3, -0.25) is 14.8 Å². The van der Waals surface area contributed by atoms with Crippen molar-refractivity contribution in [2.24, 2.45) is 4.99 Å². The number of nitrogens with one attached hydrogen (secondary N) is 2. The molecule has 2 aliphatic rings. The molecule has 0 saturated carbocycles. The lowest BCUT2D eigenvalue weighted by Crippen LogP contribution is -2.42. The van der Waals surface area contributed by atoms with E-state index in [1.807, 2.05) is 19.2 Å². The van der Waals surface area contributed by atoms with Gasteiger partial charge in [-0.1, -0.05) is 0 Å². The molecule has 2 aliphatic heterocycles. The minimum Gasteiger partial charge on any atom is -0.370 e. The molecule has 1 saturated heterocycles. The van der Waals surface area contributed by atoms with Crippen LogP contribution in [0.15, 0.2) is 45.3 Å². The summed E-state index contributed by atoms with van der Waals surface area (Å²) in [6, 6.07) is 5.89. The van der Waals surface area contributed by atoms with Crippen LogP contribution in [0.5, 0.6) is 0 Å². The minimum atomic E-state index is 0.0243. The summed E-state index contributed by atoms with van der Waals surface area (Å²) < 4.78 is 5.88. The molecule has 28 heavy (non-hydrogen) atoms. The van der Waals surface area contributed by atoms with E-state index >= 15 is 0 Å². The molecule has 1 fully saturated rings. The van der Waals surface area contributed by atoms with E-state index in [9.17, 15) is 10.1 Å². The summed E-state index contributed by atoms with van der Waals surface area (Å²) in [4.78, 5) is 22.4. The molecule has 1 aromatic heterocycles. The number of aromatic nitrogens is 1. The van der Waals surface area contributed by atoms with Gasteiger partial charge in [0.1, 0.15) is 18.2 Å². The lowest BCUT2D eigenvalue weighted by Gasteiger charge is -2.26. The Morgan fingerprint density at radius 2 is 2.39 bits per heavy atom. The maximum Gasteiger partial charge on any atom is 0.248 e. The largest absolute Gasteiger partial charge is 0.370 e. The van der Waals surface area contributed by atoms with Gasteiger partial charge in [0.15, 0.2) is 5.96 Å². The number of allylic oxidation sites excluding steroid dienone is 2. The van der Waals surface area contributed by atoms with Crippen LogP contribution in [-0.2, 0) is 9.53 Å². The zero-order valence-electron chi connectivity index (χ0n) is 15.5. The van der Waals surface area contributed by atoms with Crippen LogP contribution in [0.2, 0.25) is 0 Å². The number of rotatable bonds is 5. The molecule has 0 bridgehead atoms. The van der Waals surface area contributed by atoms with E-state index < -0.39 is 0 Å². The van der Waals surface area contributed by atoms with Crippen molar-refractivity contribution >= 4 is 33.4 Å². The Balaban J connectivity index is 1.69. The second kappa shape index (κ2) is 9.48. The molecular formula is C19H21BrN6O2. The van der Waals surface area contributed by atoms with Crippen molar-refractivity contribution in [3.63, 3.8) is 0 Å². The topological polar surface area (TPSA) is 103 Å². The van der Waals surface area contributed by atoms with E-state index in [0.29, 0.717) is 49.2 Å². The molecule has 1 aromatic rings. The minimum absolute atomic E-state index is 0.0243. The van der Waals surface area contributed by atoms with Gasteiger partial charge in [-0.25, -0.2) is 0 Å². The summed E-state index contributed by atoms with van der Waals surface area (Å²) >= 11 is 3.45. The number of ether oxygens (including phenoxy) is 1. The fourth-order valence-electron chi connectivity index (χ4n) is 2.88. The lowest BCUT2D eigenvalue weighted by molar-refractivity contribution is -0.142. The summed E-state index contributed by atoms with van der Waals surface area (Å²) in [5.41, 5.74) is 2.57. The molecule has 0 radical (unpaired) electrons. The van der Waals surface area contributed by atoms with Gasteiger partial charge in [-0.2, -0.15) is 5.26 Å². The monoisotopic (exact) mass is 444 g/mol. The van der Waals surface area contributed by atoms with Gasteiger partial charge in [-0.15, -0.1) is 0 Å². The third kappa shape index (κ3) is 4.77. The second-order valence-corrected chi connectivity index (χ2v) is 7.16. The number of pyridine rings is 1. The first-order valence-electron chi connectivity index (χ1n) is 8.96. The number of nitriles is 1. The van der Waals surface area contributed by atoms with Crippen molar-refractivity contribution in [2.45, 2.75) is 13.3 Å². The van der Waals surface area contributed by atoms with Crippen LogP contribution in [0, 0.1) is 11.3 Å². The molecular weight excluding hydrogens is 424 g/mol. The fraction of sp³-hybridized carbons (Fsp3) is 0.368. The van der Waals surface area contributed by atoms with Gasteiger partial charge >= 0.3 is 0 Å². The van der Waals surface area contributed by atoms with Crippen LogP contribution >= 0.6 is 15.9 Å². The number of morpholine rings is 1. The zero-order chi connectivity index (χ0) is 19.9. The van der Waals surface area contributed by atoms with Gasteiger partial charge in [-0.05, 0) is 47.0 Å². The van der Waals surface area contributed by atoms with Gasteiger partial charge in [0, 0.05) is 36.5 Å². The number of hydrogen-bond donors (Lipinski definition) is 2. The highest BCUT2D eigenvalue weighted by Gasteiger charge is 2.20. The first kappa shape index (κ1) is 20.0. The summed E-state index contributed by atoms with van der Waals surface area (Å²) in [7, 11) is 0. The number of carbonyl (C=O) groups excluding carboxylic acids is 1. The molecule has 146 valence electrons. The van der Waals surface area contributed by atoms with E-state index in [2.05, 4.69) is 42.6 Å². The molecule has 0 spiro atoms. The van der Waals surface area contributed by atoms with E-state index in [1.165, 1.54) is 0 Å². The van der Waals surface area contributed by atoms with Crippen LogP contribution in [0.4, 0.5) is 0 Å². The highest BCUT2D eigenvalue weighted by molar-refractivity contribution is 9.10. The average Bonchev–Trinajstić information content (AvgIpc) is 2.70. The fourth-order valence-corrected chi connectivity index (χ4v) is 3.34. The maximum absolute atomic E-state index is 11.7. The Bertz CT molecular complexity index is 887. The van der Waals surface area contributed by atoms with E-state index in [1.54, 1.807) is 17.2 Å². The molecule has 0 aromatic carbocycles. The summed E-state index contributed by atoms with van der Waals surface area (Å²) in [6.45, 7) is 4.49. The zero-order valence-corrected chi connectivity index (χ0v) is 17.1. The van der Waals surface area contributed by atoms with E-state index in [-0.39, 0.29) is 12.5 Å². The highest BCUT2D eigenvalue weighted by Crippen LogP contribution is 2.26. The van der Waals surface area contributed by atoms with Gasteiger partial charge in [0.05, 0.1) is 18.0 Å². The number of carbonyl (C=O) groups is 1. The predicted molar refractivity (Wildman–Crippen MR) is 109 cm³/mol. The smallest absolute Gasteiger partial charge is 0.248 e. The van der Waals surface area contributed by atoms with Gasteiger partial charge in [0.2, 0.25) is 5.91 Å². The normalized spacial score (nSPS) is 20.2. The molecule has 2 N–H and O–H groups in total. The quantitative estimate of drug-likeness (QED) is 0.529. The molecule has 3 heterocycles. The van der Waals surface area contributed by atoms with Crippen LogP contribution in [0.1, 0.15) is 19.0 Å². The van der Waals surface area contributed by atoms with Gasteiger partial charge in [0.25, 0.3) is 0 Å². The van der Waals surface area contributed by atoms with Crippen LogP contribution < -0.4 is 10.6 Å².